The van der Waals surface area contributed by atoms with E-state index in [-0.39, 0.29) is 0 Å². The van der Waals surface area contributed by atoms with Crippen molar-refractivity contribution in [3.8, 4) is 11.1 Å². The van der Waals surface area contributed by atoms with E-state index >= 15 is 0 Å². The Kier molecular flexibility index (Phi) is 4.20. The molecule has 1 aromatic carbocycles. The van der Waals surface area contributed by atoms with Crippen molar-refractivity contribution in [2.24, 2.45) is 5.92 Å². The van der Waals surface area contributed by atoms with Crippen molar-refractivity contribution in [1.82, 2.24) is 9.78 Å². The standard InChI is InChI=1S/C14H17IN2/c1-11(2)7-8-17-10-13(9-16-17)12-3-5-14(15)6-4-12/h3-6,9-11H,7-8H2,1-2H3. The minimum atomic E-state index is 0.723. The van der Waals surface area contributed by atoms with Crippen LogP contribution in [-0.2, 0) is 6.54 Å². The van der Waals surface area contributed by atoms with E-state index < -0.39 is 0 Å². The van der Waals surface area contributed by atoms with Crippen molar-refractivity contribution in [2.45, 2.75) is 26.8 Å². The van der Waals surface area contributed by atoms with Crippen molar-refractivity contribution < 1.29 is 0 Å². The molecule has 0 aliphatic heterocycles. The lowest BCUT2D eigenvalue weighted by Gasteiger charge is -2.03. The third kappa shape index (κ3) is 3.56. The summed E-state index contributed by atoms with van der Waals surface area (Å²) in [6.07, 6.45) is 5.25. The van der Waals surface area contributed by atoms with Crippen LogP contribution in [0.15, 0.2) is 36.7 Å². The van der Waals surface area contributed by atoms with Gasteiger partial charge in [-0.25, -0.2) is 0 Å². The molecule has 0 unspecified atom stereocenters. The second kappa shape index (κ2) is 5.67. The van der Waals surface area contributed by atoms with Gasteiger partial charge >= 0.3 is 0 Å². The van der Waals surface area contributed by atoms with Crippen LogP contribution in [0.2, 0.25) is 0 Å². The maximum Gasteiger partial charge on any atom is 0.0568 e. The lowest BCUT2D eigenvalue weighted by atomic mass is 10.1. The molecular formula is C14H17IN2. The summed E-state index contributed by atoms with van der Waals surface area (Å²) in [5, 5.41) is 4.40. The minimum absolute atomic E-state index is 0.723. The highest BCUT2D eigenvalue weighted by Gasteiger charge is 2.02. The Labute approximate surface area is 116 Å². The molecule has 0 N–H and O–H groups in total. The highest BCUT2D eigenvalue weighted by molar-refractivity contribution is 14.1. The van der Waals surface area contributed by atoms with Crippen molar-refractivity contribution in [3.63, 3.8) is 0 Å². The molecule has 17 heavy (non-hydrogen) atoms. The Morgan fingerprint density at radius 1 is 1.18 bits per heavy atom. The Bertz CT molecular complexity index is 471. The molecule has 0 spiro atoms. The van der Waals surface area contributed by atoms with Gasteiger partial charge in [-0.2, -0.15) is 5.10 Å². The number of aromatic nitrogens is 2. The molecule has 0 aliphatic carbocycles. The van der Waals surface area contributed by atoms with E-state index in [1.807, 2.05) is 10.9 Å². The molecule has 0 saturated carbocycles. The molecule has 0 fully saturated rings. The molecule has 1 heterocycles. The zero-order valence-electron chi connectivity index (χ0n) is 10.2. The van der Waals surface area contributed by atoms with Crippen molar-refractivity contribution in [1.29, 1.82) is 0 Å². The Morgan fingerprint density at radius 3 is 2.53 bits per heavy atom. The first-order chi connectivity index (χ1) is 8.15. The lowest BCUT2D eigenvalue weighted by molar-refractivity contribution is 0.487. The smallest absolute Gasteiger partial charge is 0.0568 e. The highest BCUT2D eigenvalue weighted by Crippen LogP contribution is 2.19. The predicted octanol–water partition coefficient (Wildman–Crippen LogP) is 4.20. The number of hydrogen-bond acceptors (Lipinski definition) is 1. The summed E-state index contributed by atoms with van der Waals surface area (Å²) in [7, 11) is 0. The maximum absolute atomic E-state index is 4.40. The summed E-state index contributed by atoms with van der Waals surface area (Å²) in [5.74, 6) is 0.723. The first-order valence-electron chi connectivity index (χ1n) is 5.93. The van der Waals surface area contributed by atoms with Gasteiger partial charge in [0.25, 0.3) is 0 Å². The third-order valence-corrected chi connectivity index (χ3v) is 3.47. The molecule has 1 aromatic heterocycles. The largest absolute Gasteiger partial charge is 0.272 e. The van der Waals surface area contributed by atoms with Gasteiger partial charge in [-0.3, -0.25) is 4.68 Å². The zero-order chi connectivity index (χ0) is 12.3. The van der Waals surface area contributed by atoms with Crippen molar-refractivity contribution >= 4 is 22.6 Å². The van der Waals surface area contributed by atoms with Gasteiger partial charge in [0, 0.05) is 21.9 Å². The van der Waals surface area contributed by atoms with Crippen LogP contribution in [-0.4, -0.2) is 9.78 Å². The molecule has 2 aromatic rings. The lowest BCUT2D eigenvalue weighted by Crippen LogP contribution is -2.01. The van der Waals surface area contributed by atoms with Crippen LogP contribution in [0.1, 0.15) is 20.3 Å². The normalized spacial score (nSPS) is 11.1. The fourth-order valence-electron chi connectivity index (χ4n) is 1.67. The van der Waals surface area contributed by atoms with Gasteiger partial charge in [0.2, 0.25) is 0 Å². The van der Waals surface area contributed by atoms with Gasteiger partial charge in [-0.15, -0.1) is 0 Å². The van der Waals surface area contributed by atoms with Crippen LogP contribution < -0.4 is 0 Å². The molecule has 0 bridgehead atoms. The average molecular weight is 340 g/mol. The Hall–Kier alpha value is -0.840. The van der Waals surface area contributed by atoms with E-state index in [9.17, 15) is 0 Å². The van der Waals surface area contributed by atoms with Gasteiger partial charge in [-0.1, -0.05) is 26.0 Å². The van der Waals surface area contributed by atoms with E-state index in [0.717, 1.165) is 12.5 Å². The number of aryl methyl sites for hydroxylation is 1. The molecule has 0 atom stereocenters. The van der Waals surface area contributed by atoms with Crippen LogP contribution in [0, 0.1) is 9.49 Å². The number of hydrogen-bond donors (Lipinski definition) is 0. The molecule has 90 valence electrons. The summed E-state index contributed by atoms with van der Waals surface area (Å²) in [4.78, 5) is 0. The fraction of sp³-hybridized carbons (Fsp3) is 0.357. The molecule has 2 nitrogen and oxygen atoms in total. The number of nitrogens with zero attached hydrogens (tertiary/aromatic N) is 2. The molecule has 0 aliphatic rings. The van der Waals surface area contributed by atoms with Crippen molar-refractivity contribution in [2.75, 3.05) is 0 Å². The first kappa shape index (κ1) is 12.6. The molecule has 0 amide bonds. The van der Waals surface area contributed by atoms with Gasteiger partial charge in [-0.05, 0) is 52.6 Å². The molecular weight excluding hydrogens is 323 g/mol. The van der Waals surface area contributed by atoms with Gasteiger partial charge < -0.3 is 0 Å². The minimum Gasteiger partial charge on any atom is -0.272 e. The van der Waals surface area contributed by atoms with E-state index in [1.165, 1.54) is 21.1 Å². The van der Waals surface area contributed by atoms with Crippen LogP contribution in [0.25, 0.3) is 11.1 Å². The molecule has 2 rings (SSSR count). The quantitative estimate of drug-likeness (QED) is 0.763. The Morgan fingerprint density at radius 2 is 1.88 bits per heavy atom. The van der Waals surface area contributed by atoms with E-state index in [4.69, 9.17) is 0 Å². The fourth-order valence-corrected chi connectivity index (χ4v) is 2.03. The molecule has 0 radical (unpaired) electrons. The molecule has 0 saturated heterocycles. The van der Waals surface area contributed by atoms with Crippen LogP contribution in [0.5, 0.6) is 0 Å². The third-order valence-electron chi connectivity index (χ3n) is 2.75. The van der Waals surface area contributed by atoms with E-state index in [1.54, 1.807) is 0 Å². The van der Waals surface area contributed by atoms with Gasteiger partial charge in [0.05, 0.1) is 6.20 Å². The summed E-state index contributed by atoms with van der Waals surface area (Å²) in [6.45, 7) is 5.48. The van der Waals surface area contributed by atoms with Gasteiger partial charge in [0.1, 0.15) is 0 Å². The first-order valence-corrected chi connectivity index (χ1v) is 7.01. The monoisotopic (exact) mass is 340 g/mol. The summed E-state index contributed by atoms with van der Waals surface area (Å²) < 4.78 is 3.30. The average Bonchev–Trinajstić information content (AvgIpc) is 2.76. The number of halogens is 1. The topological polar surface area (TPSA) is 17.8 Å². The van der Waals surface area contributed by atoms with E-state index in [2.05, 4.69) is 72.0 Å². The van der Waals surface area contributed by atoms with E-state index in [0.29, 0.717) is 0 Å². The summed E-state index contributed by atoms with van der Waals surface area (Å²) >= 11 is 2.32. The van der Waals surface area contributed by atoms with Crippen LogP contribution in [0.3, 0.4) is 0 Å². The van der Waals surface area contributed by atoms with Crippen molar-refractivity contribution in [3.05, 3.63) is 40.2 Å². The van der Waals surface area contributed by atoms with Crippen LogP contribution in [0.4, 0.5) is 0 Å². The zero-order valence-corrected chi connectivity index (χ0v) is 12.4. The second-order valence-electron chi connectivity index (χ2n) is 4.68. The highest BCUT2D eigenvalue weighted by atomic mass is 127. The summed E-state index contributed by atoms with van der Waals surface area (Å²) in [5.41, 5.74) is 2.44. The Balaban J connectivity index is 2.10. The second-order valence-corrected chi connectivity index (χ2v) is 5.93. The number of rotatable bonds is 4. The van der Waals surface area contributed by atoms with Crippen LogP contribution >= 0.6 is 22.6 Å². The maximum atomic E-state index is 4.40. The predicted molar refractivity (Wildman–Crippen MR) is 79.8 cm³/mol. The number of benzene rings is 1. The van der Waals surface area contributed by atoms with Gasteiger partial charge in [0.15, 0.2) is 0 Å². The summed E-state index contributed by atoms with van der Waals surface area (Å²) in [6, 6.07) is 8.54. The SMILES string of the molecule is CC(C)CCn1cc(-c2ccc(I)cc2)cn1. The molecule has 3 heteroatoms.